The minimum atomic E-state index is -0.459. The smallest absolute Gasteiger partial charge is 0.281 e. The maximum absolute atomic E-state index is 12.7. The Labute approximate surface area is 148 Å². The monoisotopic (exact) mass is 388 g/mol. The highest BCUT2D eigenvalue weighted by Crippen LogP contribution is 2.29. The van der Waals surface area contributed by atoms with Gasteiger partial charge in [-0.3, -0.25) is 9.36 Å². The van der Waals surface area contributed by atoms with Crippen LogP contribution in [0.5, 0.6) is 5.88 Å². The summed E-state index contributed by atoms with van der Waals surface area (Å²) >= 11 is 3.34. The highest BCUT2D eigenvalue weighted by molar-refractivity contribution is 9.10. The zero-order chi connectivity index (χ0) is 17.9. The molecular weight excluding hydrogens is 372 g/mol. The summed E-state index contributed by atoms with van der Waals surface area (Å²) in [6.07, 6.45) is 0.630. The van der Waals surface area contributed by atoms with E-state index in [4.69, 9.17) is 0 Å². The summed E-state index contributed by atoms with van der Waals surface area (Å²) in [4.78, 5) is 12.7. The summed E-state index contributed by atoms with van der Waals surface area (Å²) in [5, 5.41) is 27.7. The van der Waals surface area contributed by atoms with Gasteiger partial charge in [0.25, 0.3) is 5.56 Å². The number of nitriles is 1. The Kier molecular flexibility index (Phi) is 5.52. The van der Waals surface area contributed by atoms with Crippen LogP contribution in [-0.4, -0.2) is 9.67 Å². The number of aromatic hydroxyl groups is 1. The molecule has 24 heavy (non-hydrogen) atoms. The number of nitrogens with zero attached hydrogens (tertiary/aromatic N) is 4. The van der Waals surface area contributed by atoms with Crippen molar-refractivity contribution in [2.75, 3.05) is 0 Å². The number of hydrogen-bond acceptors (Lipinski definition) is 5. The molecule has 0 radical (unpaired) electrons. The fourth-order valence-corrected chi connectivity index (χ4v) is 2.50. The van der Waals surface area contributed by atoms with Crippen molar-refractivity contribution in [2.45, 2.75) is 33.2 Å². The normalized spacial score (nSPS) is 12.3. The fourth-order valence-electron chi connectivity index (χ4n) is 2.24. The third-order valence-corrected chi connectivity index (χ3v) is 4.37. The van der Waals surface area contributed by atoms with E-state index in [1.54, 1.807) is 26.0 Å². The first-order valence-corrected chi connectivity index (χ1v) is 8.25. The molecular formula is C17H17BrN4O2. The van der Waals surface area contributed by atoms with E-state index in [1.165, 1.54) is 4.57 Å². The lowest BCUT2D eigenvalue weighted by Gasteiger charge is -2.17. The van der Waals surface area contributed by atoms with E-state index >= 15 is 0 Å². The van der Waals surface area contributed by atoms with Gasteiger partial charge >= 0.3 is 0 Å². The Morgan fingerprint density at radius 2 is 1.96 bits per heavy atom. The average Bonchev–Trinajstić information content (AvgIpc) is 2.56. The van der Waals surface area contributed by atoms with E-state index < -0.39 is 5.56 Å². The predicted molar refractivity (Wildman–Crippen MR) is 95.1 cm³/mol. The molecule has 2 aromatic rings. The minimum Gasteiger partial charge on any atom is -0.493 e. The van der Waals surface area contributed by atoms with Gasteiger partial charge in [-0.05, 0) is 44.5 Å². The SMILES string of the molecule is CCC(C)n1c(O)c(C#N)c(C)c(N=Nc2ccc(Br)cc2)c1=O. The van der Waals surface area contributed by atoms with Crippen LogP contribution in [0.4, 0.5) is 11.4 Å². The first kappa shape index (κ1) is 17.9. The molecule has 0 spiro atoms. The van der Waals surface area contributed by atoms with Crippen molar-refractivity contribution in [3.8, 4) is 11.9 Å². The lowest BCUT2D eigenvalue weighted by Crippen LogP contribution is -2.24. The second-order valence-electron chi connectivity index (χ2n) is 5.39. The first-order valence-electron chi connectivity index (χ1n) is 7.46. The summed E-state index contributed by atoms with van der Waals surface area (Å²) < 4.78 is 2.11. The number of halogens is 1. The van der Waals surface area contributed by atoms with Crippen LogP contribution in [-0.2, 0) is 0 Å². The molecule has 7 heteroatoms. The third-order valence-electron chi connectivity index (χ3n) is 3.84. The van der Waals surface area contributed by atoms with E-state index in [2.05, 4.69) is 26.2 Å². The van der Waals surface area contributed by atoms with Crippen molar-refractivity contribution in [3.63, 3.8) is 0 Å². The van der Waals surface area contributed by atoms with Crippen molar-refractivity contribution in [3.05, 3.63) is 50.2 Å². The molecule has 1 heterocycles. The van der Waals surface area contributed by atoms with Crippen LogP contribution in [0.25, 0.3) is 0 Å². The highest BCUT2D eigenvalue weighted by atomic mass is 79.9. The molecule has 1 N–H and O–H groups in total. The van der Waals surface area contributed by atoms with Crippen molar-refractivity contribution < 1.29 is 5.11 Å². The Hall–Kier alpha value is -2.46. The minimum absolute atomic E-state index is 0.0413. The molecule has 1 aromatic carbocycles. The fraction of sp³-hybridized carbons (Fsp3) is 0.294. The average molecular weight is 389 g/mol. The number of aromatic nitrogens is 1. The number of benzene rings is 1. The summed E-state index contributed by atoms with van der Waals surface area (Å²) in [5.41, 5.74) is 0.547. The maximum Gasteiger partial charge on any atom is 0.281 e. The highest BCUT2D eigenvalue weighted by Gasteiger charge is 2.21. The lowest BCUT2D eigenvalue weighted by atomic mass is 10.1. The molecule has 0 aliphatic heterocycles. The molecule has 1 aromatic heterocycles. The van der Waals surface area contributed by atoms with Gasteiger partial charge in [-0.15, -0.1) is 5.11 Å². The molecule has 1 atom stereocenters. The topological polar surface area (TPSA) is 90.7 Å². The summed E-state index contributed by atoms with van der Waals surface area (Å²) in [5.74, 6) is -0.322. The molecule has 1 unspecified atom stereocenters. The molecule has 0 amide bonds. The molecule has 0 aliphatic rings. The summed E-state index contributed by atoms with van der Waals surface area (Å²) in [7, 11) is 0. The summed E-state index contributed by atoms with van der Waals surface area (Å²) in [6.45, 7) is 5.27. The van der Waals surface area contributed by atoms with E-state index in [0.29, 0.717) is 17.7 Å². The predicted octanol–water partition coefficient (Wildman–Crippen LogP) is 4.88. The second kappa shape index (κ2) is 7.41. The van der Waals surface area contributed by atoms with Gasteiger partial charge in [0.05, 0.1) is 5.69 Å². The Morgan fingerprint density at radius 1 is 1.33 bits per heavy atom. The number of azo groups is 1. The van der Waals surface area contributed by atoms with Gasteiger partial charge < -0.3 is 5.11 Å². The van der Waals surface area contributed by atoms with Crippen LogP contribution in [0.15, 0.2) is 43.8 Å². The van der Waals surface area contributed by atoms with Crippen LogP contribution in [0.3, 0.4) is 0 Å². The number of pyridine rings is 1. The molecule has 2 rings (SSSR count). The number of hydrogen-bond donors (Lipinski definition) is 1. The second-order valence-corrected chi connectivity index (χ2v) is 6.31. The van der Waals surface area contributed by atoms with E-state index in [0.717, 1.165) is 4.47 Å². The van der Waals surface area contributed by atoms with E-state index in [9.17, 15) is 15.2 Å². The maximum atomic E-state index is 12.7. The lowest BCUT2D eigenvalue weighted by molar-refractivity contribution is 0.372. The van der Waals surface area contributed by atoms with Crippen molar-refractivity contribution in [1.29, 1.82) is 5.26 Å². The Morgan fingerprint density at radius 3 is 2.50 bits per heavy atom. The van der Waals surface area contributed by atoms with Gasteiger partial charge in [0.2, 0.25) is 5.88 Å². The van der Waals surface area contributed by atoms with Crippen LogP contribution in [0, 0.1) is 18.3 Å². The van der Waals surface area contributed by atoms with E-state index in [1.807, 2.05) is 25.1 Å². The summed E-state index contributed by atoms with van der Waals surface area (Å²) in [6, 6.07) is 8.82. The quantitative estimate of drug-likeness (QED) is 0.756. The Balaban J connectivity index is 2.63. The first-order chi connectivity index (χ1) is 11.4. The van der Waals surface area contributed by atoms with Crippen LogP contribution in [0.1, 0.15) is 37.4 Å². The van der Waals surface area contributed by atoms with Crippen LogP contribution < -0.4 is 5.56 Å². The number of rotatable bonds is 4. The van der Waals surface area contributed by atoms with E-state index in [-0.39, 0.29) is 23.2 Å². The van der Waals surface area contributed by atoms with Crippen molar-refractivity contribution in [1.82, 2.24) is 4.57 Å². The van der Waals surface area contributed by atoms with Crippen LogP contribution >= 0.6 is 15.9 Å². The van der Waals surface area contributed by atoms with Gasteiger partial charge in [-0.1, -0.05) is 22.9 Å². The largest absolute Gasteiger partial charge is 0.493 e. The van der Waals surface area contributed by atoms with Gasteiger partial charge in [-0.2, -0.15) is 10.4 Å². The van der Waals surface area contributed by atoms with Crippen molar-refractivity contribution >= 4 is 27.3 Å². The van der Waals surface area contributed by atoms with Gasteiger partial charge in [0.15, 0.2) is 5.69 Å². The van der Waals surface area contributed by atoms with Gasteiger partial charge in [0.1, 0.15) is 11.6 Å². The van der Waals surface area contributed by atoms with Gasteiger partial charge in [0, 0.05) is 16.1 Å². The third kappa shape index (κ3) is 3.39. The standard InChI is InChI=1S/C17H17BrN4O2/c1-4-10(2)22-16(23)14(9-19)11(3)15(17(22)24)21-20-13-7-5-12(18)6-8-13/h5-8,10,23H,4H2,1-3H3. The zero-order valence-corrected chi connectivity index (χ0v) is 15.2. The Bertz CT molecular complexity index is 879. The molecule has 0 aliphatic carbocycles. The van der Waals surface area contributed by atoms with Gasteiger partial charge in [-0.25, -0.2) is 0 Å². The van der Waals surface area contributed by atoms with Crippen molar-refractivity contribution in [2.24, 2.45) is 10.2 Å². The molecule has 124 valence electrons. The van der Waals surface area contributed by atoms with Crippen LogP contribution in [0.2, 0.25) is 0 Å². The molecule has 0 saturated heterocycles. The molecule has 0 bridgehead atoms. The molecule has 0 fully saturated rings. The molecule has 0 saturated carbocycles. The zero-order valence-electron chi connectivity index (χ0n) is 13.6. The molecule has 6 nitrogen and oxygen atoms in total.